The van der Waals surface area contributed by atoms with Crippen molar-refractivity contribution < 1.29 is 19.1 Å². The average molecular weight is 429 g/mol. The molecular weight excluding hydrogens is 400 g/mol. The maximum atomic E-state index is 12.9. The molecule has 1 aromatic heterocycles. The maximum absolute atomic E-state index is 12.9. The molecule has 0 unspecified atom stereocenters. The van der Waals surface area contributed by atoms with Crippen LogP contribution in [0.5, 0.6) is 0 Å². The molecule has 1 aliphatic rings. The first kappa shape index (κ1) is 22.0. The van der Waals surface area contributed by atoms with Crippen LogP contribution in [0.25, 0.3) is 0 Å². The van der Waals surface area contributed by atoms with Crippen LogP contribution in [0.3, 0.4) is 0 Å². The normalized spacial score (nSPS) is 13.2. The lowest BCUT2D eigenvalue weighted by Crippen LogP contribution is -2.32. The number of aryl methyl sites for hydroxylation is 3. The molecule has 2 aromatic rings. The monoisotopic (exact) mass is 428 g/mol. The van der Waals surface area contributed by atoms with Crippen LogP contribution in [0, 0.1) is 13.8 Å². The van der Waals surface area contributed by atoms with Gasteiger partial charge in [0, 0.05) is 4.88 Å². The lowest BCUT2D eigenvalue weighted by molar-refractivity contribution is -0.115. The van der Waals surface area contributed by atoms with Gasteiger partial charge in [0.1, 0.15) is 5.00 Å². The molecule has 160 valence electrons. The number of rotatable bonds is 5. The molecule has 0 fully saturated rings. The van der Waals surface area contributed by atoms with E-state index in [0.717, 1.165) is 53.7 Å². The minimum atomic E-state index is -0.775. The summed E-state index contributed by atoms with van der Waals surface area (Å²) in [6, 6.07) is 5.95. The molecule has 0 aliphatic heterocycles. The predicted octanol–water partition coefficient (Wildman–Crippen LogP) is 4.70. The fourth-order valence-corrected chi connectivity index (χ4v) is 4.97. The lowest BCUT2D eigenvalue weighted by atomic mass is 10.0. The van der Waals surface area contributed by atoms with Gasteiger partial charge < -0.3 is 10.1 Å². The van der Waals surface area contributed by atoms with Gasteiger partial charge in [0.05, 0.1) is 18.6 Å². The Bertz CT molecular complexity index is 964. The Morgan fingerprint density at radius 2 is 1.83 bits per heavy atom. The van der Waals surface area contributed by atoms with Crippen LogP contribution in [0.15, 0.2) is 18.2 Å². The van der Waals surface area contributed by atoms with E-state index in [1.54, 1.807) is 6.92 Å². The number of alkyl carbamates (subject to hydrolysis) is 1. The van der Waals surface area contributed by atoms with Gasteiger partial charge in [-0.3, -0.25) is 14.9 Å². The summed E-state index contributed by atoms with van der Waals surface area (Å²) in [5.74, 6) is -0.700. The number of carbonyl (C=O) groups excluding carboxylic acids is 3. The van der Waals surface area contributed by atoms with Crippen molar-refractivity contribution in [1.29, 1.82) is 0 Å². The third-order valence-corrected chi connectivity index (χ3v) is 6.54. The second-order valence-electron chi connectivity index (χ2n) is 7.59. The van der Waals surface area contributed by atoms with Crippen LogP contribution in [0.4, 0.5) is 9.80 Å². The third kappa shape index (κ3) is 5.27. The number of imide groups is 1. The van der Waals surface area contributed by atoms with Crippen LogP contribution >= 0.6 is 11.3 Å². The van der Waals surface area contributed by atoms with Crippen molar-refractivity contribution in [2.45, 2.75) is 59.3 Å². The zero-order valence-electron chi connectivity index (χ0n) is 17.7. The predicted molar refractivity (Wildman–Crippen MR) is 118 cm³/mol. The molecule has 2 N–H and O–H groups in total. The van der Waals surface area contributed by atoms with Crippen LogP contribution in [-0.2, 0) is 28.8 Å². The van der Waals surface area contributed by atoms with E-state index < -0.39 is 12.0 Å². The highest BCUT2D eigenvalue weighted by atomic mass is 32.1. The first-order valence-electron chi connectivity index (χ1n) is 10.4. The van der Waals surface area contributed by atoms with Crippen molar-refractivity contribution in [2.24, 2.45) is 0 Å². The zero-order chi connectivity index (χ0) is 21.7. The largest absolute Gasteiger partial charge is 0.450 e. The number of benzene rings is 1. The van der Waals surface area contributed by atoms with E-state index >= 15 is 0 Å². The molecule has 0 bridgehead atoms. The van der Waals surface area contributed by atoms with Gasteiger partial charge in [-0.2, -0.15) is 0 Å². The Kier molecular flexibility index (Phi) is 7.26. The van der Waals surface area contributed by atoms with Gasteiger partial charge in [0.15, 0.2) is 0 Å². The number of nitrogens with one attached hydrogen (secondary N) is 2. The molecule has 0 radical (unpaired) electrons. The quantitative estimate of drug-likeness (QED) is 0.676. The molecule has 3 amide bonds. The molecule has 1 heterocycles. The first-order valence-corrected chi connectivity index (χ1v) is 11.2. The highest BCUT2D eigenvalue weighted by Crippen LogP contribution is 2.37. The first-order chi connectivity index (χ1) is 14.4. The summed E-state index contributed by atoms with van der Waals surface area (Å²) < 4.78 is 4.85. The zero-order valence-corrected chi connectivity index (χ0v) is 18.5. The van der Waals surface area contributed by atoms with Gasteiger partial charge in [-0.15, -0.1) is 11.3 Å². The van der Waals surface area contributed by atoms with Crippen LogP contribution in [0.2, 0.25) is 0 Å². The van der Waals surface area contributed by atoms with Crippen molar-refractivity contribution in [3.63, 3.8) is 0 Å². The SMILES string of the molecule is CCOC(=O)NC(=O)c1c(NC(=O)Cc2ccc(C)c(C)c2)sc2c1CCCCC2. The Labute approximate surface area is 181 Å². The minimum Gasteiger partial charge on any atom is -0.450 e. The Morgan fingerprint density at radius 1 is 1.07 bits per heavy atom. The molecule has 1 aromatic carbocycles. The molecule has 1 aliphatic carbocycles. The summed E-state index contributed by atoms with van der Waals surface area (Å²) in [6.07, 6.45) is 4.25. The van der Waals surface area contributed by atoms with E-state index in [0.29, 0.717) is 10.6 Å². The van der Waals surface area contributed by atoms with Crippen molar-refractivity contribution in [2.75, 3.05) is 11.9 Å². The summed E-state index contributed by atoms with van der Waals surface area (Å²) in [7, 11) is 0. The fourth-order valence-electron chi connectivity index (χ4n) is 3.66. The molecule has 0 saturated heterocycles. The summed E-state index contributed by atoms with van der Waals surface area (Å²) >= 11 is 1.44. The topological polar surface area (TPSA) is 84.5 Å². The number of ether oxygens (including phenoxy) is 1. The number of hydrogen-bond donors (Lipinski definition) is 2. The summed E-state index contributed by atoms with van der Waals surface area (Å²) in [6.45, 7) is 5.91. The Morgan fingerprint density at radius 3 is 2.57 bits per heavy atom. The number of fused-ring (bicyclic) bond motifs is 1. The molecule has 30 heavy (non-hydrogen) atoms. The van der Waals surface area contributed by atoms with Gasteiger partial charge in [-0.1, -0.05) is 24.6 Å². The third-order valence-electron chi connectivity index (χ3n) is 5.33. The summed E-state index contributed by atoms with van der Waals surface area (Å²) in [5, 5.41) is 5.72. The smallest absolute Gasteiger partial charge is 0.414 e. The summed E-state index contributed by atoms with van der Waals surface area (Å²) in [4.78, 5) is 38.5. The number of carbonyl (C=O) groups is 3. The van der Waals surface area contributed by atoms with E-state index in [1.165, 1.54) is 16.9 Å². The van der Waals surface area contributed by atoms with Crippen LogP contribution in [-0.4, -0.2) is 24.5 Å². The second kappa shape index (κ2) is 9.89. The molecule has 0 atom stereocenters. The van der Waals surface area contributed by atoms with Gasteiger partial charge in [-0.25, -0.2) is 4.79 Å². The molecule has 3 rings (SSSR count). The average Bonchev–Trinajstić information content (AvgIpc) is 2.85. The molecule has 0 saturated carbocycles. The van der Waals surface area contributed by atoms with Crippen LogP contribution < -0.4 is 10.6 Å². The van der Waals surface area contributed by atoms with Crippen molar-refractivity contribution >= 4 is 34.2 Å². The highest BCUT2D eigenvalue weighted by Gasteiger charge is 2.27. The van der Waals surface area contributed by atoms with Gasteiger partial charge in [-0.05, 0) is 68.7 Å². The van der Waals surface area contributed by atoms with E-state index in [1.807, 2.05) is 32.0 Å². The van der Waals surface area contributed by atoms with Gasteiger partial charge >= 0.3 is 6.09 Å². The minimum absolute atomic E-state index is 0.181. The van der Waals surface area contributed by atoms with Crippen molar-refractivity contribution in [3.8, 4) is 0 Å². The number of thiophene rings is 1. The molecular formula is C23H28N2O4S. The molecule has 0 spiro atoms. The van der Waals surface area contributed by atoms with Gasteiger partial charge in [0.2, 0.25) is 5.91 Å². The second-order valence-corrected chi connectivity index (χ2v) is 8.69. The Balaban J connectivity index is 1.83. The number of amides is 3. The van der Waals surface area contributed by atoms with E-state index in [9.17, 15) is 14.4 Å². The van der Waals surface area contributed by atoms with Gasteiger partial charge in [0.25, 0.3) is 5.91 Å². The molecule has 6 nitrogen and oxygen atoms in total. The highest BCUT2D eigenvalue weighted by molar-refractivity contribution is 7.17. The van der Waals surface area contributed by atoms with Crippen LogP contribution in [0.1, 0.15) is 63.7 Å². The number of anilines is 1. The maximum Gasteiger partial charge on any atom is 0.414 e. The van der Waals surface area contributed by atoms with Crippen molar-refractivity contribution in [3.05, 3.63) is 50.9 Å². The van der Waals surface area contributed by atoms with E-state index in [2.05, 4.69) is 10.6 Å². The Hall–Kier alpha value is -2.67. The standard InChI is InChI=1S/C23H28N2O4S/c1-4-29-23(28)25-21(27)20-17-8-6-5-7-9-18(17)30-22(20)24-19(26)13-16-11-10-14(2)15(3)12-16/h10-12H,4-9,13H2,1-3H3,(H,24,26)(H,25,27,28). The molecule has 7 heteroatoms. The number of hydrogen-bond acceptors (Lipinski definition) is 5. The lowest BCUT2D eigenvalue weighted by Gasteiger charge is -2.10. The van der Waals surface area contributed by atoms with Crippen molar-refractivity contribution in [1.82, 2.24) is 5.32 Å². The van der Waals surface area contributed by atoms with E-state index in [-0.39, 0.29) is 18.9 Å². The summed E-state index contributed by atoms with van der Waals surface area (Å²) in [5.41, 5.74) is 4.59. The van der Waals surface area contributed by atoms with E-state index in [4.69, 9.17) is 4.74 Å². The fraction of sp³-hybridized carbons (Fsp3) is 0.435.